The molecule has 0 aliphatic carbocycles. The van der Waals surface area contributed by atoms with Crippen molar-refractivity contribution < 1.29 is 23.4 Å². The number of ether oxygens (including phenoxy) is 3. The van der Waals surface area contributed by atoms with Gasteiger partial charge in [-0.1, -0.05) is 0 Å². The van der Waals surface area contributed by atoms with Crippen LogP contribution in [0.5, 0.6) is 17.2 Å². The van der Waals surface area contributed by atoms with E-state index in [2.05, 4.69) is 15.3 Å². The number of carbonyl (C=O) groups excluding carboxylic acids is 1. The Balaban J connectivity index is 1.66. The highest BCUT2D eigenvalue weighted by Crippen LogP contribution is 2.38. The summed E-state index contributed by atoms with van der Waals surface area (Å²) < 4.78 is 29.0. The van der Waals surface area contributed by atoms with Crippen molar-refractivity contribution in [1.29, 1.82) is 0 Å². The summed E-state index contributed by atoms with van der Waals surface area (Å²) in [6.45, 7) is 0.217. The summed E-state index contributed by atoms with van der Waals surface area (Å²) in [7, 11) is 4.58. The lowest BCUT2D eigenvalue weighted by molar-refractivity contribution is -0.116. The topological polar surface area (TPSA) is 82.6 Å². The molecule has 1 amide bonds. The predicted octanol–water partition coefficient (Wildman–Crippen LogP) is 3.64. The fraction of sp³-hybridized carbons (Fsp3) is 0.174. The summed E-state index contributed by atoms with van der Waals surface area (Å²) in [4.78, 5) is 20.6. The monoisotopic (exact) mass is 423 g/mol. The SMILES string of the molecule is COc1cc(/C=C/C(=O)NCc2cc(-c3ccc(F)cc3)ncn2)cc(OC)c1OC. The fourth-order valence-electron chi connectivity index (χ4n) is 2.88. The van der Waals surface area contributed by atoms with E-state index in [0.29, 0.717) is 34.2 Å². The van der Waals surface area contributed by atoms with E-state index in [4.69, 9.17) is 14.2 Å². The van der Waals surface area contributed by atoms with Crippen LogP contribution >= 0.6 is 0 Å². The zero-order valence-corrected chi connectivity index (χ0v) is 17.4. The number of rotatable bonds is 8. The Morgan fingerprint density at radius 2 is 1.68 bits per heavy atom. The first-order valence-electron chi connectivity index (χ1n) is 9.37. The standard InChI is InChI=1S/C23H22FN3O4/c1-29-20-10-15(11-21(30-2)23(20)31-3)4-9-22(28)25-13-18-12-19(27-14-26-18)16-5-7-17(24)8-6-16/h4-12,14H,13H2,1-3H3,(H,25,28)/b9-4+. The molecule has 7 nitrogen and oxygen atoms in total. The Hall–Kier alpha value is -3.94. The molecule has 0 spiro atoms. The van der Waals surface area contributed by atoms with Gasteiger partial charge in [-0.3, -0.25) is 4.79 Å². The maximum atomic E-state index is 13.1. The summed E-state index contributed by atoms with van der Waals surface area (Å²) in [5.74, 6) is 0.861. The van der Waals surface area contributed by atoms with E-state index in [9.17, 15) is 9.18 Å². The molecule has 2 aromatic carbocycles. The molecular formula is C23H22FN3O4. The maximum absolute atomic E-state index is 13.1. The molecule has 1 aromatic heterocycles. The van der Waals surface area contributed by atoms with E-state index in [1.54, 1.807) is 36.4 Å². The van der Waals surface area contributed by atoms with Crippen LogP contribution in [0.4, 0.5) is 4.39 Å². The first-order chi connectivity index (χ1) is 15.0. The number of aromatic nitrogens is 2. The van der Waals surface area contributed by atoms with Crippen LogP contribution in [0.25, 0.3) is 17.3 Å². The second kappa shape index (κ2) is 10.2. The first kappa shape index (κ1) is 21.8. The Morgan fingerprint density at radius 1 is 1.00 bits per heavy atom. The van der Waals surface area contributed by atoms with Gasteiger partial charge in [-0.25, -0.2) is 14.4 Å². The summed E-state index contributed by atoms with van der Waals surface area (Å²) in [5.41, 5.74) is 2.75. The van der Waals surface area contributed by atoms with E-state index in [1.807, 2.05) is 0 Å². The minimum atomic E-state index is -0.316. The second-order valence-electron chi connectivity index (χ2n) is 6.41. The van der Waals surface area contributed by atoms with Gasteiger partial charge in [0.1, 0.15) is 12.1 Å². The number of halogens is 1. The number of nitrogens with one attached hydrogen (secondary N) is 1. The molecule has 0 radical (unpaired) electrons. The third kappa shape index (κ3) is 5.57. The molecule has 160 valence electrons. The number of carbonyl (C=O) groups is 1. The summed E-state index contributed by atoms with van der Waals surface area (Å²) >= 11 is 0. The molecule has 0 aliphatic rings. The van der Waals surface area contributed by atoms with Gasteiger partial charge in [0.2, 0.25) is 11.7 Å². The largest absolute Gasteiger partial charge is 0.493 e. The zero-order chi connectivity index (χ0) is 22.2. The lowest BCUT2D eigenvalue weighted by Crippen LogP contribution is -2.21. The van der Waals surface area contributed by atoms with Crippen LogP contribution in [0, 0.1) is 5.82 Å². The van der Waals surface area contributed by atoms with E-state index in [0.717, 1.165) is 5.56 Å². The van der Waals surface area contributed by atoms with Crippen LogP contribution < -0.4 is 19.5 Å². The molecule has 31 heavy (non-hydrogen) atoms. The number of benzene rings is 2. The number of nitrogens with zero attached hydrogens (tertiary/aromatic N) is 2. The molecule has 0 unspecified atom stereocenters. The highest BCUT2D eigenvalue weighted by molar-refractivity contribution is 5.91. The lowest BCUT2D eigenvalue weighted by atomic mass is 10.1. The zero-order valence-electron chi connectivity index (χ0n) is 17.4. The molecule has 0 aliphatic heterocycles. The van der Waals surface area contributed by atoms with E-state index in [1.165, 1.54) is 45.9 Å². The van der Waals surface area contributed by atoms with E-state index < -0.39 is 0 Å². The van der Waals surface area contributed by atoms with Crippen molar-refractivity contribution in [2.75, 3.05) is 21.3 Å². The minimum absolute atomic E-state index is 0.217. The van der Waals surface area contributed by atoms with Crippen molar-refractivity contribution >= 4 is 12.0 Å². The van der Waals surface area contributed by atoms with Crippen LogP contribution in [0.15, 0.2) is 54.9 Å². The van der Waals surface area contributed by atoms with Crippen molar-refractivity contribution in [1.82, 2.24) is 15.3 Å². The Kier molecular flexibility index (Phi) is 7.16. The van der Waals surface area contributed by atoms with E-state index in [-0.39, 0.29) is 18.3 Å². The van der Waals surface area contributed by atoms with Gasteiger partial charge < -0.3 is 19.5 Å². The average Bonchev–Trinajstić information content (AvgIpc) is 2.81. The summed E-state index contributed by atoms with van der Waals surface area (Å²) in [6.07, 6.45) is 4.46. The molecule has 0 saturated heterocycles. The smallest absolute Gasteiger partial charge is 0.244 e. The van der Waals surface area contributed by atoms with Gasteiger partial charge in [0.05, 0.1) is 39.3 Å². The Bertz CT molecular complexity index is 1060. The normalized spacial score (nSPS) is 10.7. The number of hydrogen-bond acceptors (Lipinski definition) is 6. The third-order valence-corrected chi connectivity index (χ3v) is 4.42. The van der Waals surface area contributed by atoms with Gasteiger partial charge in [0, 0.05) is 11.6 Å². The highest BCUT2D eigenvalue weighted by atomic mass is 19.1. The molecule has 3 rings (SSSR count). The van der Waals surface area contributed by atoms with Gasteiger partial charge >= 0.3 is 0 Å². The van der Waals surface area contributed by atoms with E-state index >= 15 is 0 Å². The van der Waals surface area contributed by atoms with Gasteiger partial charge in [0.15, 0.2) is 11.5 Å². The fourth-order valence-corrected chi connectivity index (χ4v) is 2.88. The highest BCUT2D eigenvalue weighted by Gasteiger charge is 2.12. The predicted molar refractivity (Wildman–Crippen MR) is 114 cm³/mol. The van der Waals surface area contributed by atoms with Gasteiger partial charge in [-0.15, -0.1) is 0 Å². The van der Waals surface area contributed by atoms with Crippen molar-refractivity contribution in [2.45, 2.75) is 6.54 Å². The summed E-state index contributed by atoms with van der Waals surface area (Å²) in [6, 6.07) is 11.2. The average molecular weight is 423 g/mol. The van der Waals surface area contributed by atoms with Crippen molar-refractivity contribution in [2.24, 2.45) is 0 Å². The van der Waals surface area contributed by atoms with Crippen LogP contribution in [-0.2, 0) is 11.3 Å². The first-order valence-corrected chi connectivity index (χ1v) is 9.37. The summed E-state index contributed by atoms with van der Waals surface area (Å²) in [5, 5.41) is 2.77. The molecule has 8 heteroatoms. The Morgan fingerprint density at radius 3 is 2.29 bits per heavy atom. The van der Waals surface area contributed by atoms with Gasteiger partial charge in [-0.2, -0.15) is 0 Å². The van der Waals surface area contributed by atoms with Crippen molar-refractivity contribution in [3.63, 3.8) is 0 Å². The quantitative estimate of drug-likeness (QED) is 0.557. The van der Waals surface area contributed by atoms with Gasteiger partial charge in [-0.05, 0) is 54.1 Å². The van der Waals surface area contributed by atoms with Crippen LogP contribution in [0.3, 0.4) is 0 Å². The molecule has 3 aromatic rings. The second-order valence-corrected chi connectivity index (χ2v) is 6.41. The van der Waals surface area contributed by atoms with Crippen LogP contribution in [0.1, 0.15) is 11.3 Å². The molecule has 0 fully saturated rings. The molecule has 0 saturated carbocycles. The Labute approximate surface area is 179 Å². The van der Waals surface area contributed by atoms with Gasteiger partial charge in [0.25, 0.3) is 0 Å². The molecule has 1 N–H and O–H groups in total. The third-order valence-electron chi connectivity index (χ3n) is 4.42. The van der Waals surface area contributed by atoms with Crippen molar-refractivity contribution in [3.8, 4) is 28.5 Å². The lowest BCUT2D eigenvalue weighted by Gasteiger charge is -2.12. The van der Waals surface area contributed by atoms with Crippen LogP contribution in [-0.4, -0.2) is 37.2 Å². The number of hydrogen-bond donors (Lipinski definition) is 1. The van der Waals surface area contributed by atoms with Crippen molar-refractivity contribution in [3.05, 3.63) is 71.9 Å². The minimum Gasteiger partial charge on any atom is -0.493 e. The number of amides is 1. The molecular weight excluding hydrogens is 401 g/mol. The molecule has 0 atom stereocenters. The molecule has 0 bridgehead atoms. The van der Waals surface area contributed by atoms with Crippen LogP contribution in [0.2, 0.25) is 0 Å². The number of methoxy groups -OCH3 is 3. The maximum Gasteiger partial charge on any atom is 0.244 e. The molecule has 1 heterocycles.